The number of hydrogen-bond donors (Lipinski definition) is 4. The molecule has 4 nitrogen and oxygen atoms in total. The zero-order valence-corrected chi connectivity index (χ0v) is 11.6. The van der Waals surface area contributed by atoms with Gasteiger partial charge in [-0.25, -0.2) is 4.39 Å². The number of aromatic hydroxyl groups is 1. The van der Waals surface area contributed by atoms with Gasteiger partial charge in [-0.05, 0) is 18.2 Å². The first kappa shape index (κ1) is 14.4. The van der Waals surface area contributed by atoms with E-state index in [0.29, 0.717) is 16.3 Å². The SMILES string of the molecule is CC1([NH3+])C(Cl)=CC(O)=C/C1=C/Nc1ccc(O)c(F)c1. The van der Waals surface area contributed by atoms with Crippen molar-refractivity contribution in [1.82, 2.24) is 0 Å². The van der Waals surface area contributed by atoms with Gasteiger partial charge in [0.15, 0.2) is 17.1 Å². The van der Waals surface area contributed by atoms with Gasteiger partial charge in [-0.15, -0.1) is 0 Å². The van der Waals surface area contributed by atoms with Crippen LogP contribution in [0.25, 0.3) is 0 Å². The van der Waals surface area contributed by atoms with E-state index in [9.17, 15) is 9.50 Å². The third kappa shape index (κ3) is 2.79. The second-order valence-electron chi connectivity index (χ2n) is 4.80. The molecule has 0 heterocycles. The second kappa shape index (κ2) is 5.19. The van der Waals surface area contributed by atoms with Gasteiger partial charge >= 0.3 is 0 Å². The number of phenols is 1. The summed E-state index contributed by atoms with van der Waals surface area (Å²) in [6.45, 7) is 1.81. The average Bonchev–Trinajstić information content (AvgIpc) is 2.36. The zero-order valence-electron chi connectivity index (χ0n) is 10.8. The lowest BCUT2D eigenvalue weighted by molar-refractivity contribution is -0.439. The van der Waals surface area contributed by atoms with Crippen LogP contribution in [0.3, 0.4) is 0 Å². The minimum Gasteiger partial charge on any atom is -0.508 e. The number of anilines is 1. The van der Waals surface area contributed by atoms with E-state index in [0.717, 1.165) is 6.07 Å². The van der Waals surface area contributed by atoms with Gasteiger partial charge in [0.2, 0.25) is 0 Å². The van der Waals surface area contributed by atoms with Crippen molar-refractivity contribution in [2.75, 3.05) is 5.32 Å². The number of aliphatic hydroxyl groups is 1. The van der Waals surface area contributed by atoms with Crippen LogP contribution in [0.2, 0.25) is 0 Å². The van der Waals surface area contributed by atoms with Crippen molar-refractivity contribution in [3.8, 4) is 5.75 Å². The number of aliphatic hydroxyl groups excluding tert-OH is 1. The Morgan fingerprint density at radius 3 is 2.70 bits per heavy atom. The monoisotopic (exact) mass is 297 g/mol. The van der Waals surface area contributed by atoms with Gasteiger partial charge in [-0.1, -0.05) is 11.6 Å². The summed E-state index contributed by atoms with van der Waals surface area (Å²) < 4.78 is 13.2. The van der Waals surface area contributed by atoms with E-state index < -0.39 is 17.1 Å². The lowest BCUT2D eigenvalue weighted by Gasteiger charge is -2.25. The maximum absolute atomic E-state index is 13.2. The van der Waals surface area contributed by atoms with Crippen molar-refractivity contribution >= 4 is 17.3 Å². The van der Waals surface area contributed by atoms with Crippen LogP contribution >= 0.6 is 11.6 Å². The van der Waals surface area contributed by atoms with Crippen LogP contribution in [-0.4, -0.2) is 15.8 Å². The summed E-state index contributed by atoms with van der Waals surface area (Å²) in [7, 11) is 0. The summed E-state index contributed by atoms with van der Waals surface area (Å²) in [6, 6.07) is 3.94. The number of nitrogens with one attached hydrogen (secondary N) is 1. The largest absolute Gasteiger partial charge is 0.508 e. The molecule has 0 radical (unpaired) electrons. The molecule has 1 atom stereocenters. The van der Waals surface area contributed by atoms with Crippen molar-refractivity contribution in [3.05, 3.63) is 58.7 Å². The molecule has 0 saturated heterocycles. The van der Waals surface area contributed by atoms with Crippen molar-refractivity contribution in [2.24, 2.45) is 0 Å². The summed E-state index contributed by atoms with van der Waals surface area (Å²) in [4.78, 5) is 0. The molecule has 1 aromatic carbocycles. The number of halogens is 2. The van der Waals surface area contributed by atoms with E-state index in [1.165, 1.54) is 24.3 Å². The Balaban J connectivity index is 2.27. The molecule has 0 saturated carbocycles. The molecule has 1 aliphatic rings. The van der Waals surface area contributed by atoms with Crippen LogP contribution < -0.4 is 11.1 Å². The summed E-state index contributed by atoms with van der Waals surface area (Å²) in [6.07, 6.45) is 4.55. The quantitative estimate of drug-likeness (QED) is 0.633. The molecule has 0 spiro atoms. The minimum atomic E-state index is -0.717. The molecular weight excluding hydrogens is 283 g/mol. The predicted octanol–water partition coefficient (Wildman–Crippen LogP) is 2.41. The van der Waals surface area contributed by atoms with Gasteiger partial charge in [-0.3, -0.25) is 0 Å². The standard InChI is InChI=1S/C14H14ClFN2O2/c1-14(17)8(4-10(19)6-13(14)15)7-18-9-2-3-12(20)11(16)5-9/h2-7,18-20H,17H2,1H3/p+1/b8-7-. The van der Waals surface area contributed by atoms with Crippen molar-refractivity contribution in [2.45, 2.75) is 12.5 Å². The van der Waals surface area contributed by atoms with E-state index in [1.54, 1.807) is 13.1 Å². The topological polar surface area (TPSA) is 80.1 Å². The van der Waals surface area contributed by atoms with E-state index in [2.05, 4.69) is 11.1 Å². The van der Waals surface area contributed by atoms with E-state index >= 15 is 0 Å². The average molecular weight is 298 g/mol. The van der Waals surface area contributed by atoms with Gasteiger partial charge in [0.05, 0.1) is 5.03 Å². The van der Waals surface area contributed by atoms with Crippen molar-refractivity contribution in [1.29, 1.82) is 0 Å². The molecule has 0 amide bonds. The Morgan fingerprint density at radius 2 is 2.05 bits per heavy atom. The molecule has 1 unspecified atom stereocenters. The van der Waals surface area contributed by atoms with Crippen LogP contribution in [-0.2, 0) is 0 Å². The lowest BCUT2D eigenvalue weighted by Crippen LogP contribution is -2.72. The summed E-state index contributed by atoms with van der Waals surface area (Å²) in [5.41, 5.74) is 4.40. The maximum Gasteiger partial charge on any atom is 0.166 e. The Morgan fingerprint density at radius 1 is 1.35 bits per heavy atom. The number of benzene rings is 1. The molecule has 0 fully saturated rings. The van der Waals surface area contributed by atoms with E-state index in [1.807, 2.05) is 0 Å². The molecular formula is C14H15ClFN2O2+. The first-order valence-electron chi connectivity index (χ1n) is 5.90. The highest BCUT2D eigenvalue weighted by molar-refractivity contribution is 6.31. The highest BCUT2D eigenvalue weighted by Gasteiger charge is 2.34. The van der Waals surface area contributed by atoms with Gasteiger partial charge in [0.1, 0.15) is 5.76 Å². The molecule has 1 aliphatic carbocycles. The van der Waals surface area contributed by atoms with Crippen molar-refractivity contribution < 1.29 is 20.3 Å². The Labute approximate surface area is 120 Å². The maximum atomic E-state index is 13.2. The second-order valence-corrected chi connectivity index (χ2v) is 5.21. The summed E-state index contributed by atoms with van der Waals surface area (Å²) in [5, 5.41) is 22.0. The Bertz CT molecular complexity index is 636. The van der Waals surface area contributed by atoms with E-state index in [-0.39, 0.29) is 5.76 Å². The first-order chi connectivity index (χ1) is 9.30. The summed E-state index contributed by atoms with van der Waals surface area (Å²) >= 11 is 6.06. The predicted molar refractivity (Wildman–Crippen MR) is 75.7 cm³/mol. The van der Waals surface area contributed by atoms with Crippen LogP contribution in [0, 0.1) is 5.82 Å². The molecule has 6 N–H and O–H groups in total. The fourth-order valence-electron chi connectivity index (χ4n) is 1.75. The third-order valence-electron chi connectivity index (χ3n) is 3.08. The number of hydrogen-bond acceptors (Lipinski definition) is 3. The Hall–Kier alpha value is -1.98. The zero-order chi connectivity index (χ0) is 14.9. The minimum absolute atomic E-state index is 0.0288. The van der Waals surface area contributed by atoms with Gasteiger partial charge < -0.3 is 21.3 Å². The fraction of sp³-hybridized carbons (Fsp3) is 0.143. The molecule has 0 aliphatic heterocycles. The highest BCUT2D eigenvalue weighted by Crippen LogP contribution is 2.31. The van der Waals surface area contributed by atoms with Crippen molar-refractivity contribution in [3.63, 3.8) is 0 Å². The number of phenolic OH excluding ortho intramolecular Hbond substituents is 1. The van der Waals surface area contributed by atoms with Crippen LogP contribution in [0.1, 0.15) is 6.92 Å². The van der Waals surface area contributed by atoms with Crippen LogP contribution in [0.15, 0.2) is 52.9 Å². The molecule has 1 aromatic rings. The van der Waals surface area contributed by atoms with Gasteiger partial charge in [-0.2, -0.15) is 0 Å². The normalized spacial score (nSPS) is 24.3. The molecule has 0 aromatic heterocycles. The third-order valence-corrected chi connectivity index (χ3v) is 3.61. The number of allylic oxidation sites excluding steroid dienone is 1. The Kier molecular flexibility index (Phi) is 3.74. The van der Waals surface area contributed by atoms with Crippen LogP contribution in [0.5, 0.6) is 5.75 Å². The summed E-state index contributed by atoms with van der Waals surface area (Å²) in [5.74, 6) is -1.10. The highest BCUT2D eigenvalue weighted by atomic mass is 35.5. The molecule has 20 heavy (non-hydrogen) atoms. The number of quaternary nitrogens is 1. The number of rotatable bonds is 2. The molecule has 106 valence electrons. The molecule has 6 heteroatoms. The molecule has 2 rings (SSSR count). The van der Waals surface area contributed by atoms with Crippen LogP contribution in [0.4, 0.5) is 10.1 Å². The van der Waals surface area contributed by atoms with Gasteiger partial charge in [0, 0.05) is 36.5 Å². The smallest absolute Gasteiger partial charge is 0.166 e. The first-order valence-corrected chi connectivity index (χ1v) is 6.28. The van der Waals surface area contributed by atoms with Gasteiger partial charge in [0.25, 0.3) is 0 Å². The molecule has 0 bridgehead atoms. The lowest BCUT2D eigenvalue weighted by atomic mass is 9.88. The fourth-order valence-corrected chi connectivity index (χ4v) is 1.97. The van der Waals surface area contributed by atoms with E-state index in [4.69, 9.17) is 16.7 Å².